The molecule has 0 saturated carbocycles. The summed E-state index contributed by atoms with van der Waals surface area (Å²) >= 11 is 0. The van der Waals surface area contributed by atoms with Crippen molar-refractivity contribution in [3.8, 4) is 0 Å². The minimum absolute atomic E-state index is 0. The SMILES string of the molecule is CCC(C)C(C)NC(=O)CCC1CCNC1.Cl. The third-order valence-electron chi connectivity index (χ3n) is 3.83. The number of carbonyl (C=O) groups excluding carboxylic acids is 1. The van der Waals surface area contributed by atoms with E-state index in [4.69, 9.17) is 0 Å². The predicted octanol–water partition coefficient (Wildman–Crippen LogP) is 2.35. The van der Waals surface area contributed by atoms with E-state index in [2.05, 4.69) is 31.4 Å². The number of nitrogens with one attached hydrogen (secondary N) is 2. The van der Waals surface area contributed by atoms with Crippen molar-refractivity contribution < 1.29 is 4.79 Å². The second-order valence-corrected chi connectivity index (χ2v) is 5.14. The maximum Gasteiger partial charge on any atom is 0.220 e. The topological polar surface area (TPSA) is 41.1 Å². The molecule has 2 N–H and O–H groups in total. The van der Waals surface area contributed by atoms with Crippen LogP contribution < -0.4 is 10.6 Å². The standard InChI is InChI=1S/C13H26N2O.ClH/c1-4-10(2)11(3)15-13(16)6-5-12-7-8-14-9-12;/h10-12,14H,4-9H2,1-3H3,(H,15,16);1H. The van der Waals surface area contributed by atoms with Crippen LogP contribution in [0.2, 0.25) is 0 Å². The largest absolute Gasteiger partial charge is 0.353 e. The highest BCUT2D eigenvalue weighted by atomic mass is 35.5. The van der Waals surface area contributed by atoms with Gasteiger partial charge in [-0.15, -0.1) is 12.4 Å². The summed E-state index contributed by atoms with van der Waals surface area (Å²) in [7, 11) is 0. The number of hydrogen-bond donors (Lipinski definition) is 2. The van der Waals surface area contributed by atoms with Crippen LogP contribution in [0, 0.1) is 11.8 Å². The van der Waals surface area contributed by atoms with Gasteiger partial charge in [-0.1, -0.05) is 20.3 Å². The summed E-state index contributed by atoms with van der Waals surface area (Å²) in [6, 6.07) is 0.305. The first-order valence-corrected chi connectivity index (χ1v) is 6.63. The lowest BCUT2D eigenvalue weighted by molar-refractivity contribution is -0.122. The van der Waals surface area contributed by atoms with Crippen LogP contribution in [0.15, 0.2) is 0 Å². The molecule has 3 nitrogen and oxygen atoms in total. The molecule has 0 bridgehead atoms. The first-order chi connectivity index (χ1) is 7.63. The van der Waals surface area contributed by atoms with E-state index in [1.165, 1.54) is 6.42 Å². The fraction of sp³-hybridized carbons (Fsp3) is 0.923. The third kappa shape index (κ3) is 6.27. The van der Waals surface area contributed by atoms with Gasteiger partial charge in [-0.25, -0.2) is 0 Å². The van der Waals surface area contributed by atoms with E-state index < -0.39 is 0 Å². The van der Waals surface area contributed by atoms with Gasteiger partial charge in [-0.2, -0.15) is 0 Å². The smallest absolute Gasteiger partial charge is 0.220 e. The molecular weight excluding hydrogens is 236 g/mol. The first-order valence-electron chi connectivity index (χ1n) is 6.63. The molecule has 1 aliphatic heterocycles. The zero-order valence-electron chi connectivity index (χ0n) is 11.3. The highest BCUT2D eigenvalue weighted by Crippen LogP contribution is 2.14. The lowest BCUT2D eigenvalue weighted by Crippen LogP contribution is -2.37. The summed E-state index contributed by atoms with van der Waals surface area (Å²) in [4.78, 5) is 11.7. The Morgan fingerprint density at radius 2 is 2.18 bits per heavy atom. The lowest BCUT2D eigenvalue weighted by Gasteiger charge is -2.20. The Morgan fingerprint density at radius 1 is 1.47 bits per heavy atom. The van der Waals surface area contributed by atoms with Gasteiger partial charge in [0, 0.05) is 12.5 Å². The Balaban J connectivity index is 0.00000256. The molecule has 17 heavy (non-hydrogen) atoms. The molecule has 1 heterocycles. The quantitative estimate of drug-likeness (QED) is 0.772. The molecule has 0 aliphatic carbocycles. The van der Waals surface area contributed by atoms with Gasteiger partial charge in [-0.05, 0) is 44.7 Å². The maximum absolute atomic E-state index is 11.7. The van der Waals surface area contributed by atoms with E-state index in [1.807, 2.05) is 0 Å². The first kappa shape index (κ1) is 16.7. The minimum atomic E-state index is 0. The predicted molar refractivity (Wildman–Crippen MR) is 74.5 cm³/mol. The molecule has 4 heteroatoms. The fourth-order valence-corrected chi connectivity index (χ4v) is 2.12. The van der Waals surface area contributed by atoms with Gasteiger partial charge in [0.2, 0.25) is 5.91 Å². The van der Waals surface area contributed by atoms with Crippen LogP contribution in [0.4, 0.5) is 0 Å². The molecule has 1 amide bonds. The number of rotatable bonds is 6. The number of hydrogen-bond acceptors (Lipinski definition) is 2. The van der Waals surface area contributed by atoms with Crippen molar-refractivity contribution >= 4 is 18.3 Å². The monoisotopic (exact) mass is 262 g/mol. The molecule has 1 aliphatic rings. The van der Waals surface area contributed by atoms with Crippen LogP contribution in [0.1, 0.15) is 46.5 Å². The van der Waals surface area contributed by atoms with Gasteiger partial charge >= 0.3 is 0 Å². The molecule has 1 fully saturated rings. The summed E-state index contributed by atoms with van der Waals surface area (Å²) in [6.45, 7) is 8.66. The number of halogens is 1. The van der Waals surface area contributed by atoms with E-state index in [9.17, 15) is 4.79 Å². The molecule has 3 atom stereocenters. The molecule has 0 aromatic heterocycles. The molecule has 1 rings (SSSR count). The molecule has 0 aromatic rings. The molecule has 0 aromatic carbocycles. The Labute approximate surface area is 112 Å². The fourth-order valence-electron chi connectivity index (χ4n) is 2.12. The van der Waals surface area contributed by atoms with Crippen LogP contribution in [0.5, 0.6) is 0 Å². The normalized spacial score (nSPS) is 22.6. The van der Waals surface area contributed by atoms with E-state index in [0.717, 1.165) is 25.9 Å². The zero-order valence-corrected chi connectivity index (χ0v) is 12.1. The van der Waals surface area contributed by atoms with Crippen molar-refractivity contribution in [3.63, 3.8) is 0 Å². The molecule has 0 radical (unpaired) electrons. The number of carbonyl (C=O) groups is 1. The van der Waals surface area contributed by atoms with Gasteiger partial charge < -0.3 is 10.6 Å². The average molecular weight is 263 g/mol. The van der Waals surface area contributed by atoms with Gasteiger partial charge in [0.05, 0.1) is 0 Å². The zero-order chi connectivity index (χ0) is 12.0. The molecule has 1 saturated heterocycles. The average Bonchev–Trinajstić information content (AvgIpc) is 2.78. The van der Waals surface area contributed by atoms with Gasteiger partial charge in [0.25, 0.3) is 0 Å². The summed E-state index contributed by atoms with van der Waals surface area (Å²) in [5, 5.41) is 6.43. The third-order valence-corrected chi connectivity index (χ3v) is 3.83. The van der Waals surface area contributed by atoms with Crippen LogP contribution in [0.25, 0.3) is 0 Å². The summed E-state index contributed by atoms with van der Waals surface area (Å²) in [5.74, 6) is 1.50. The van der Waals surface area contributed by atoms with Crippen LogP contribution in [-0.2, 0) is 4.79 Å². The summed E-state index contributed by atoms with van der Waals surface area (Å²) in [5.41, 5.74) is 0. The van der Waals surface area contributed by atoms with Crippen molar-refractivity contribution in [2.45, 2.75) is 52.5 Å². The lowest BCUT2D eigenvalue weighted by atomic mass is 9.99. The Kier molecular flexibility index (Phi) is 8.61. The summed E-state index contributed by atoms with van der Waals surface area (Å²) in [6.07, 6.45) is 4.07. The highest BCUT2D eigenvalue weighted by molar-refractivity contribution is 5.85. The van der Waals surface area contributed by atoms with E-state index in [1.54, 1.807) is 0 Å². The van der Waals surface area contributed by atoms with Crippen LogP contribution >= 0.6 is 12.4 Å². The summed E-state index contributed by atoms with van der Waals surface area (Å²) < 4.78 is 0. The van der Waals surface area contributed by atoms with Crippen molar-refractivity contribution in [3.05, 3.63) is 0 Å². The van der Waals surface area contributed by atoms with Crippen LogP contribution in [0.3, 0.4) is 0 Å². The molecule has 3 unspecified atom stereocenters. The Hall–Kier alpha value is -0.280. The Morgan fingerprint density at radius 3 is 2.71 bits per heavy atom. The van der Waals surface area contributed by atoms with Gasteiger partial charge in [-0.3, -0.25) is 4.79 Å². The second-order valence-electron chi connectivity index (χ2n) is 5.14. The van der Waals surface area contributed by atoms with Crippen molar-refractivity contribution in [2.75, 3.05) is 13.1 Å². The van der Waals surface area contributed by atoms with Crippen molar-refractivity contribution in [1.82, 2.24) is 10.6 Å². The van der Waals surface area contributed by atoms with Crippen LogP contribution in [-0.4, -0.2) is 25.0 Å². The highest BCUT2D eigenvalue weighted by Gasteiger charge is 2.17. The van der Waals surface area contributed by atoms with E-state index in [-0.39, 0.29) is 18.3 Å². The van der Waals surface area contributed by atoms with Crippen molar-refractivity contribution in [2.24, 2.45) is 11.8 Å². The van der Waals surface area contributed by atoms with E-state index in [0.29, 0.717) is 24.3 Å². The molecule has 0 spiro atoms. The second kappa shape index (κ2) is 8.76. The number of amides is 1. The Bertz CT molecular complexity index is 217. The van der Waals surface area contributed by atoms with E-state index >= 15 is 0 Å². The van der Waals surface area contributed by atoms with Gasteiger partial charge in [0.1, 0.15) is 0 Å². The molecule has 102 valence electrons. The minimum Gasteiger partial charge on any atom is -0.353 e. The van der Waals surface area contributed by atoms with Gasteiger partial charge in [0.15, 0.2) is 0 Å². The maximum atomic E-state index is 11.7. The van der Waals surface area contributed by atoms with Crippen molar-refractivity contribution in [1.29, 1.82) is 0 Å². The molecular formula is C13H27ClN2O.